The second-order valence-corrected chi connectivity index (χ2v) is 2.95. The molecule has 0 saturated heterocycles. The molecule has 94 valence electrons. The van der Waals surface area contributed by atoms with Crippen molar-refractivity contribution in [2.45, 2.75) is 13.8 Å². The summed E-state index contributed by atoms with van der Waals surface area (Å²) in [7, 11) is 1.27. The van der Waals surface area contributed by atoms with Gasteiger partial charge in [0.05, 0.1) is 12.7 Å². The van der Waals surface area contributed by atoms with Crippen LogP contribution in [0, 0.1) is 5.82 Å². The third-order valence-corrected chi connectivity index (χ3v) is 1.75. The quantitative estimate of drug-likeness (QED) is 0.651. The summed E-state index contributed by atoms with van der Waals surface area (Å²) in [4.78, 5) is 20.0. The SMILES string of the molecule is CC=O.CCNc1ccc(F)cc1C(=O)OC. The fourth-order valence-electron chi connectivity index (χ4n) is 1.14. The minimum absolute atomic E-state index is 0.217. The van der Waals surface area contributed by atoms with Crippen molar-refractivity contribution in [2.24, 2.45) is 0 Å². The number of methoxy groups -OCH3 is 1. The lowest BCUT2D eigenvalue weighted by Gasteiger charge is -2.08. The lowest BCUT2D eigenvalue weighted by molar-refractivity contribution is -0.106. The molecule has 0 amide bonds. The Morgan fingerprint density at radius 2 is 2.12 bits per heavy atom. The minimum Gasteiger partial charge on any atom is -0.465 e. The summed E-state index contributed by atoms with van der Waals surface area (Å²) in [5.74, 6) is -0.993. The van der Waals surface area contributed by atoms with Gasteiger partial charge in [-0.05, 0) is 32.0 Å². The first-order valence-electron chi connectivity index (χ1n) is 5.12. The first-order valence-corrected chi connectivity index (χ1v) is 5.12. The molecule has 0 heterocycles. The van der Waals surface area contributed by atoms with E-state index < -0.39 is 11.8 Å². The van der Waals surface area contributed by atoms with Gasteiger partial charge in [0.2, 0.25) is 0 Å². The van der Waals surface area contributed by atoms with E-state index in [4.69, 9.17) is 4.79 Å². The Kier molecular flexibility index (Phi) is 7.34. The molecule has 0 atom stereocenters. The zero-order valence-electron chi connectivity index (χ0n) is 10.1. The zero-order chi connectivity index (χ0) is 13.3. The number of benzene rings is 1. The molecule has 0 unspecified atom stereocenters. The maximum atomic E-state index is 12.8. The maximum Gasteiger partial charge on any atom is 0.340 e. The lowest BCUT2D eigenvalue weighted by Crippen LogP contribution is -2.08. The molecule has 0 aliphatic carbocycles. The highest BCUT2D eigenvalue weighted by atomic mass is 19.1. The molecule has 4 nitrogen and oxygen atoms in total. The van der Waals surface area contributed by atoms with E-state index in [-0.39, 0.29) is 5.56 Å². The van der Waals surface area contributed by atoms with Crippen LogP contribution in [-0.2, 0) is 9.53 Å². The first-order chi connectivity index (χ1) is 8.10. The number of hydrogen-bond acceptors (Lipinski definition) is 4. The molecule has 0 saturated carbocycles. The van der Waals surface area contributed by atoms with Crippen LogP contribution in [0.25, 0.3) is 0 Å². The number of nitrogens with one attached hydrogen (secondary N) is 1. The molecule has 0 aliphatic rings. The highest BCUT2D eigenvalue weighted by Crippen LogP contribution is 2.17. The first kappa shape index (κ1) is 15.1. The average Bonchev–Trinajstić information content (AvgIpc) is 2.32. The number of aldehydes is 1. The standard InChI is InChI=1S/C10H12FNO2.C2H4O/c1-3-12-9-5-4-7(11)6-8(9)10(13)14-2;1-2-3/h4-6,12H,3H2,1-2H3;2H,1H3. The number of carbonyl (C=O) groups is 2. The smallest absolute Gasteiger partial charge is 0.340 e. The van der Waals surface area contributed by atoms with Crippen LogP contribution in [-0.4, -0.2) is 25.9 Å². The van der Waals surface area contributed by atoms with Gasteiger partial charge in [0, 0.05) is 12.2 Å². The normalized spacial score (nSPS) is 8.71. The van der Waals surface area contributed by atoms with Crippen molar-refractivity contribution in [3.05, 3.63) is 29.6 Å². The van der Waals surface area contributed by atoms with Gasteiger partial charge in [0.1, 0.15) is 12.1 Å². The van der Waals surface area contributed by atoms with Crippen LogP contribution in [0.15, 0.2) is 18.2 Å². The van der Waals surface area contributed by atoms with Crippen molar-refractivity contribution in [3.63, 3.8) is 0 Å². The summed E-state index contributed by atoms with van der Waals surface area (Å²) in [5, 5.41) is 2.95. The number of ether oxygens (including phenoxy) is 1. The van der Waals surface area contributed by atoms with Crippen molar-refractivity contribution in [3.8, 4) is 0 Å². The monoisotopic (exact) mass is 241 g/mol. The average molecular weight is 241 g/mol. The summed E-state index contributed by atoms with van der Waals surface area (Å²) < 4.78 is 17.4. The van der Waals surface area contributed by atoms with Crippen molar-refractivity contribution >= 4 is 17.9 Å². The van der Waals surface area contributed by atoms with Crippen LogP contribution in [0.5, 0.6) is 0 Å². The van der Waals surface area contributed by atoms with Gasteiger partial charge in [0.15, 0.2) is 0 Å². The Balaban J connectivity index is 0.000000770. The largest absolute Gasteiger partial charge is 0.465 e. The molecule has 1 aromatic rings. The van der Waals surface area contributed by atoms with Gasteiger partial charge < -0.3 is 14.8 Å². The molecule has 1 aromatic carbocycles. The third kappa shape index (κ3) is 5.10. The van der Waals surface area contributed by atoms with Crippen LogP contribution in [0.4, 0.5) is 10.1 Å². The molecule has 0 radical (unpaired) electrons. The zero-order valence-corrected chi connectivity index (χ0v) is 10.1. The molecule has 1 N–H and O–H groups in total. The molecular weight excluding hydrogens is 225 g/mol. The van der Waals surface area contributed by atoms with E-state index in [9.17, 15) is 9.18 Å². The Labute approximate surface area is 99.8 Å². The van der Waals surface area contributed by atoms with Gasteiger partial charge >= 0.3 is 5.97 Å². The molecule has 5 heteroatoms. The Morgan fingerprint density at radius 1 is 1.53 bits per heavy atom. The van der Waals surface area contributed by atoms with Crippen molar-refractivity contribution in [1.29, 1.82) is 0 Å². The van der Waals surface area contributed by atoms with Crippen molar-refractivity contribution in [1.82, 2.24) is 0 Å². The Bertz CT molecular complexity index is 380. The van der Waals surface area contributed by atoms with Crippen molar-refractivity contribution in [2.75, 3.05) is 19.0 Å². The summed E-state index contributed by atoms with van der Waals surface area (Å²) in [5.41, 5.74) is 0.801. The van der Waals surface area contributed by atoms with Gasteiger partial charge in [-0.25, -0.2) is 9.18 Å². The number of hydrogen-bond donors (Lipinski definition) is 1. The van der Waals surface area contributed by atoms with Crippen LogP contribution in [0.3, 0.4) is 0 Å². The highest BCUT2D eigenvalue weighted by molar-refractivity contribution is 5.95. The number of anilines is 1. The fourth-order valence-corrected chi connectivity index (χ4v) is 1.14. The number of carbonyl (C=O) groups excluding carboxylic acids is 2. The van der Waals surface area contributed by atoms with E-state index in [1.54, 1.807) is 0 Å². The van der Waals surface area contributed by atoms with E-state index in [0.717, 1.165) is 12.4 Å². The molecule has 0 bridgehead atoms. The van der Waals surface area contributed by atoms with Crippen LogP contribution < -0.4 is 5.32 Å². The summed E-state index contributed by atoms with van der Waals surface area (Å²) in [6.45, 7) is 4.00. The number of esters is 1. The Hall–Kier alpha value is -1.91. The second-order valence-electron chi connectivity index (χ2n) is 2.95. The molecule has 17 heavy (non-hydrogen) atoms. The number of rotatable bonds is 3. The molecule has 0 spiro atoms. The second kappa shape index (κ2) is 8.27. The molecule has 1 rings (SSSR count). The third-order valence-electron chi connectivity index (χ3n) is 1.75. The van der Waals surface area contributed by atoms with Crippen molar-refractivity contribution < 1.29 is 18.7 Å². The van der Waals surface area contributed by atoms with Gasteiger partial charge in [-0.3, -0.25) is 0 Å². The van der Waals surface area contributed by atoms with E-state index in [0.29, 0.717) is 12.2 Å². The highest BCUT2D eigenvalue weighted by Gasteiger charge is 2.11. The summed E-state index contributed by atoms with van der Waals surface area (Å²) >= 11 is 0. The van der Waals surface area contributed by atoms with E-state index in [2.05, 4.69) is 10.1 Å². The minimum atomic E-state index is -0.541. The fraction of sp³-hybridized carbons (Fsp3) is 0.333. The lowest BCUT2D eigenvalue weighted by atomic mass is 10.1. The van der Waals surface area contributed by atoms with Crippen LogP contribution >= 0.6 is 0 Å². The van der Waals surface area contributed by atoms with E-state index >= 15 is 0 Å². The van der Waals surface area contributed by atoms with Gasteiger partial charge in [-0.1, -0.05) is 0 Å². The van der Waals surface area contributed by atoms with Gasteiger partial charge in [-0.15, -0.1) is 0 Å². The maximum absolute atomic E-state index is 12.8. The molecular formula is C12H16FNO3. The molecule has 0 fully saturated rings. The van der Waals surface area contributed by atoms with E-state index in [1.165, 1.54) is 26.2 Å². The van der Waals surface area contributed by atoms with Gasteiger partial charge in [-0.2, -0.15) is 0 Å². The van der Waals surface area contributed by atoms with Gasteiger partial charge in [0.25, 0.3) is 0 Å². The predicted molar refractivity (Wildman–Crippen MR) is 63.6 cm³/mol. The molecule has 0 aliphatic heterocycles. The van der Waals surface area contributed by atoms with Crippen LogP contribution in [0.1, 0.15) is 24.2 Å². The van der Waals surface area contributed by atoms with Crippen LogP contribution in [0.2, 0.25) is 0 Å². The Morgan fingerprint density at radius 3 is 2.59 bits per heavy atom. The predicted octanol–water partition coefficient (Wildman–Crippen LogP) is 2.25. The molecule has 0 aromatic heterocycles. The topological polar surface area (TPSA) is 55.4 Å². The summed E-state index contributed by atoms with van der Waals surface area (Å²) in [6.07, 6.45) is 0.750. The van der Waals surface area contributed by atoms with E-state index in [1.807, 2.05) is 6.92 Å². The summed E-state index contributed by atoms with van der Waals surface area (Å²) in [6, 6.07) is 3.97. The number of halogens is 1.